The predicted octanol–water partition coefficient (Wildman–Crippen LogP) is 2.11. The van der Waals surface area contributed by atoms with Crippen LogP contribution in [0.15, 0.2) is 42.7 Å². The van der Waals surface area contributed by atoms with E-state index in [2.05, 4.69) is 10.3 Å². The Bertz CT molecular complexity index is 597. The van der Waals surface area contributed by atoms with Gasteiger partial charge in [0.2, 0.25) is 0 Å². The van der Waals surface area contributed by atoms with Crippen molar-refractivity contribution in [3.8, 4) is 5.75 Å². The lowest BCUT2D eigenvalue weighted by Crippen LogP contribution is -2.16. The highest BCUT2D eigenvalue weighted by Gasteiger charge is 2.13. The molecule has 0 atom stereocenters. The number of pyridine rings is 1. The molecule has 19 heavy (non-hydrogen) atoms. The van der Waals surface area contributed by atoms with Gasteiger partial charge in [-0.1, -0.05) is 12.1 Å². The Kier molecular flexibility index (Phi) is 3.66. The van der Waals surface area contributed by atoms with Crippen LogP contribution in [0, 0.1) is 0 Å². The molecule has 0 saturated heterocycles. The van der Waals surface area contributed by atoms with Crippen LogP contribution in [0.4, 0.5) is 11.4 Å². The zero-order chi connectivity index (χ0) is 13.8. The van der Waals surface area contributed by atoms with E-state index in [-0.39, 0.29) is 17.2 Å². The van der Waals surface area contributed by atoms with Crippen LogP contribution in [0.25, 0.3) is 0 Å². The number of hydrogen-bond acceptors (Lipinski definition) is 4. The summed E-state index contributed by atoms with van der Waals surface area (Å²) in [5.74, 6) is -0.503. The molecule has 0 saturated carbocycles. The number of benzene rings is 1. The Balaban J connectivity index is 2.27. The third-order valence-electron chi connectivity index (χ3n) is 2.68. The molecule has 0 fully saturated rings. The van der Waals surface area contributed by atoms with E-state index >= 15 is 0 Å². The van der Waals surface area contributed by atoms with E-state index < -0.39 is 0 Å². The number of carbonyl (C=O) groups excluding carboxylic acids is 1. The highest BCUT2D eigenvalue weighted by molar-refractivity contribution is 6.07. The second-order valence-electron chi connectivity index (χ2n) is 4.26. The van der Waals surface area contributed by atoms with Crippen molar-refractivity contribution in [3.05, 3.63) is 48.3 Å². The van der Waals surface area contributed by atoms with Crippen molar-refractivity contribution < 1.29 is 9.90 Å². The molecule has 0 aliphatic carbocycles. The molecular weight excluding hydrogens is 242 g/mol. The van der Waals surface area contributed by atoms with Gasteiger partial charge in [-0.05, 0) is 18.2 Å². The van der Waals surface area contributed by atoms with E-state index in [4.69, 9.17) is 0 Å². The lowest BCUT2D eigenvalue weighted by molar-refractivity contribution is 0.102. The number of amides is 1. The number of para-hydroxylation sites is 2. The molecule has 1 aromatic heterocycles. The number of nitrogens with one attached hydrogen (secondary N) is 1. The summed E-state index contributed by atoms with van der Waals surface area (Å²) >= 11 is 0. The molecule has 5 heteroatoms. The van der Waals surface area contributed by atoms with Crippen molar-refractivity contribution in [3.63, 3.8) is 0 Å². The maximum Gasteiger partial charge on any atom is 0.259 e. The second kappa shape index (κ2) is 5.39. The number of rotatable bonds is 3. The maximum atomic E-state index is 12.1. The summed E-state index contributed by atoms with van der Waals surface area (Å²) in [4.78, 5) is 17.7. The highest BCUT2D eigenvalue weighted by Crippen LogP contribution is 2.25. The molecule has 98 valence electrons. The van der Waals surface area contributed by atoms with Gasteiger partial charge in [-0.15, -0.1) is 0 Å². The summed E-state index contributed by atoms with van der Waals surface area (Å²) in [6.07, 6.45) is 2.71. The van der Waals surface area contributed by atoms with Gasteiger partial charge in [-0.2, -0.15) is 0 Å². The summed E-state index contributed by atoms with van der Waals surface area (Å²) in [6, 6.07) is 8.93. The number of carbonyl (C=O) groups is 1. The average Bonchev–Trinajstić information content (AvgIpc) is 2.39. The summed E-state index contributed by atoms with van der Waals surface area (Å²) in [6.45, 7) is 0. The van der Waals surface area contributed by atoms with E-state index in [0.717, 1.165) is 5.69 Å². The van der Waals surface area contributed by atoms with Gasteiger partial charge >= 0.3 is 0 Å². The Labute approximate surface area is 111 Å². The van der Waals surface area contributed by atoms with E-state index in [1.807, 2.05) is 43.3 Å². The van der Waals surface area contributed by atoms with Crippen molar-refractivity contribution in [2.45, 2.75) is 0 Å². The summed E-state index contributed by atoms with van der Waals surface area (Å²) in [5.41, 5.74) is 1.78. The molecule has 2 aromatic rings. The van der Waals surface area contributed by atoms with Crippen LogP contribution in [-0.2, 0) is 0 Å². The number of hydrogen-bond donors (Lipinski definition) is 2. The highest BCUT2D eigenvalue weighted by atomic mass is 16.3. The Morgan fingerprint density at radius 1 is 1.26 bits per heavy atom. The topological polar surface area (TPSA) is 65.5 Å². The van der Waals surface area contributed by atoms with E-state index in [1.54, 1.807) is 0 Å². The molecule has 0 unspecified atom stereocenters. The molecule has 0 aliphatic rings. The SMILES string of the molecule is CN(C)c1ccccc1NC(=O)c1ccncc1O. The van der Waals surface area contributed by atoms with Gasteiger partial charge < -0.3 is 15.3 Å². The van der Waals surface area contributed by atoms with Gasteiger partial charge in [0.1, 0.15) is 5.75 Å². The molecule has 0 radical (unpaired) electrons. The van der Waals surface area contributed by atoms with Crippen LogP contribution in [0.1, 0.15) is 10.4 Å². The van der Waals surface area contributed by atoms with E-state index in [0.29, 0.717) is 5.69 Å². The fourth-order valence-electron chi connectivity index (χ4n) is 1.74. The Morgan fingerprint density at radius 2 is 2.00 bits per heavy atom. The van der Waals surface area contributed by atoms with Crippen LogP contribution >= 0.6 is 0 Å². The summed E-state index contributed by atoms with van der Waals surface area (Å²) in [7, 11) is 3.80. The van der Waals surface area contributed by atoms with Crippen LogP contribution in [0.2, 0.25) is 0 Å². The van der Waals surface area contributed by atoms with Crippen molar-refractivity contribution in [1.29, 1.82) is 0 Å². The molecule has 0 spiro atoms. The summed E-state index contributed by atoms with van der Waals surface area (Å²) in [5, 5.41) is 12.4. The van der Waals surface area contributed by atoms with Gasteiger partial charge in [0.05, 0.1) is 23.1 Å². The van der Waals surface area contributed by atoms with Crippen LogP contribution in [0.5, 0.6) is 5.75 Å². The van der Waals surface area contributed by atoms with Crippen molar-refractivity contribution in [2.75, 3.05) is 24.3 Å². The van der Waals surface area contributed by atoms with Crippen molar-refractivity contribution >= 4 is 17.3 Å². The van der Waals surface area contributed by atoms with Crippen LogP contribution < -0.4 is 10.2 Å². The monoisotopic (exact) mass is 257 g/mol. The third kappa shape index (κ3) is 2.82. The first-order valence-electron chi connectivity index (χ1n) is 5.80. The lowest BCUT2D eigenvalue weighted by Gasteiger charge is -2.17. The van der Waals surface area contributed by atoms with Gasteiger partial charge in [-0.25, -0.2) is 0 Å². The van der Waals surface area contributed by atoms with E-state index in [1.165, 1.54) is 18.5 Å². The number of aromatic nitrogens is 1. The van der Waals surface area contributed by atoms with Crippen LogP contribution in [0.3, 0.4) is 0 Å². The molecule has 5 nitrogen and oxygen atoms in total. The first kappa shape index (κ1) is 12.9. The average molecular weight is 257 g/mol. The Hall–Kier alpha value is -2.56. The van der Waals surface area contributed by atoms with Gasteiger partial charge in [0.25, 0.3) is 5.91 Å². The zero-order valence-corrected chi connectivity index (χ0v) is 10.8. The van der Waals surface area contributed by atoms with Gasteiger partial charge in [0.15, 0.2) is 0 Å². The maximum absolute atomic E-state index is 12.1. The standard InChI is InChI=1S/C14H15N3O2/c1-17(2)12-6-4-3-5-11(12)16-14(19)10-7-8-15-9-13(10)18/h3-9,18H,1-2H3,(H,16,19). The lowest BCUT2D eigenvalue weighted by atomic mass is 10.2. The first-order chi connectivity index (χ1) is 9.09. The van der Waals surface area contributed by atoms with Gasteiger partial charge in [0, 0.05) is 20.3 Å². The quantitative estimate of drug-likeness (QED) is 0.883. The van der Waals surface area contributed by atoms with Crippen LogP contribution in [-0.4, -0.2) is 30.1 Å². The number of nitrogens with zero attached hydrogens (tertiary/aromatic N) is 2. The molecule has 0 bridgehead atoms. The molecule has 1 amide bonds. The Morgan fingerprint density at radius 3 is 2.68 bits per heavy atom. The normalized spacial score (nSPS) is 10.0. The van der Waals surface area contributed by atoms with Crippen molar-refractivity contribution in [2.24, 2.45) is 0 Å². The largest absolute Gasteiger partial charge is 0.505 e. The summed E-state index contributed by atoms with van der Waals surface area (Å²) < 4.78 is 0. The third-order valence-corrected chi connectivity index (χ3v) is 2.68. The molecule has 1 heterocycles. The predicted molar refractivity (Wildman–Crippen MR) is 74.6 cm³/mol. The van der Waals surface area contributed by atoms with E-state index in [9.17, 15) is 9.90 Å². The molecule has 0 aliphatic heterocycles. The fourth-order valence-corrected chi connectivity index (χ4v) is 1.74. The zero-order valence-electron chi connectivity index (χ0n) is 10.8. The second-order valence-corrected chi connectivity index (χ2v) is 4.26. The first-order valence-corrected chi connectivity index (χ1v) is 5.80. The smallest absolute Gasteiger partial charge is 0.259 e. The van der Waals surface area contributed by atoms with Crippen molar-refractivity contribution in [1.82, 2.24) is 4.98 Å². The molecule has 2 rings (SSSR count). The minimum Gasteiger partial charge on any atom is -0.505 e. The minimum absolute atomic E-state index is 0.137. The molecule has 1 aromatic carbocycles. The molecular formula is C14H15N3O2. The minimum atomic E-state index is -0.366. The number of anilines is 2. The fraction of sp³-hybridized carbons (Fsp3) is 0.143. The number of aromatic hydroxyl groups is 1. The molecule has 2 N–H and O–H groups in total. The van der Waals surface area contributed by atoms with Gasteiger partial charge in [-0.3, -0.25) is 9.78 Å².